The first kappa shape index (κ1) is 22.0. The number of fused-ring (bicyclic) bond motifs is 2. The maximum Gasteiger partial charge on any atom is 0.163 e. The fraction of sp³-hybridized carbons (Fsp3) is 0.391. The number of aliphatic hydroxyl groups excluding tert-OH is 1. The van der Waals surface area contributed by atoms with Crippen LogP contribution in [-0.2, 0) is 6.54 Å². The van der Waals surface area contributed by atoms with Crippen molar-refractivity contribution in [3.05, 3.63) is 53.9 Å². The number of likely N-dealkylation sites (tertiary alicyclic amines) is 1. The van der Waals surface area contributed by atoms with Gasteiger partial charge in [0.2, 0.25) is 0 Å². The smallest absolute Gasteiger partial charge is 0.163 e. The minimum Gasteiger partial charge on any atom is -0.497 e. The second-order valence-electron chi connectivity index (χ2n) is 8.29. The quantitative estimate of drug-likeness (QED) is 0.428. The number of piperidine rings is 1. The summed E-state index contributed by atoms with van der Waals surface area (Å²) in [5.74, 6) is 0.708. The fourth-order valence-electron chi connectivity index (χ4n) is 4.34. The second-order valence-corrected chi connectivity index (χ2v) is 9.02. The number of hydrogen-bond acceptors (Lipinski definition) is 9. The van der Waals surface area contributed by atoms with Crippen LogP contribution in [0.2, 0.25) is 0 Å². The highest BCUT2D eigenvalue weighted by Gasteiger charge is 2.30. The van der Waals surface area contributed by atoms with Gasteiger partial charge in [0.25, 0.3) is 0 Å². The highest BCUT2D eigenvalue weighted by Crippen LogP contribution is 2.28. The molecule has 1 saturated heterocycles. The molecule has 4 heterocycles. The van der Waals surface area contributed by atoms with Gasteiger partial charge in [-0.25, -0.2) is 9.37 Å². The number of ether oxygens (including phenoxy) is 1. The summed E-state index contributed by atoms with van der Waals surface area (Å²) >= 11 is 1.26. The molecule has 5 rings (SSSR count). The molecule has 4 aromatic rings. The van der Waals surface area contributed by atoms with Crippen LogP contribution in [0.5, 0.6) is 5.75 Å². The summed E-state index contributed by atoms with van der Waals surface area (Å²) in [6, 6.07) is 9.11. The lowest BCUT2D eigenvalue weighted by molar-refractivity contribution is 0.0571. The van der Waals surface area contributed by atoms with Crippen LogP contribution in [0.1, 0.15) is 23.7 Å². The average Bonchev–Trinajstić information content (AvgIpc) is 3.30. The topological polar surface area (TPSA) is 96.3 Å². The van der Waals surface area contributed by atoms with Crippen LogP contribution in [0, 0.1) is 0 Å². The Morgan fingerprint density at radius 2 is 2.18 bits per heavy atom. The van der Waals surface area contributed by atoms with Crippen molar-refractivity contribution in [1.29, 1.82) is 0 Å². The molecule has 0 spiro atoms. The van der Waals surface area contributed by atoms with Gasteiger partial charge in [-0.3, -0.25) is 9.88 Å². The lowest BCUT2D eigenvalue weighted by Crippen LogP contribution is -2.51. The number of benzene rings is 1. The molecular formula is C23H25FN6O2S. The SMILES string of the molecule is COc1ccc2nccc([C@@H](O)CN3CCC(NCc4cnc5snnc5c4)C(F)C3)c2c1. The molecule has 2 unspecified atom stereocenters. The predicted octanol–water partition coefficient (Wildman–Crippen LogP) is 2.88. The van der Waals surface area contributed by atoms with Crippen molar-refractivity contribution < 1.29 is 14.2 Å². The van der Waals surface area contributed by atoms with Crippen molar-refractivity contribution in [1.82, 2.24) is 29.8 Å². The third-order valence-electron chi connectivity index (χ3n) is 6.13. The van der Waals surface area contributed by atoms with Gasteiger partial charge in [-0.1, -0.05) is 4.49 Å². The third-order valence-corrected chi connectivity index (χ3v) is 6.78. The Morgan fingerprint density at radius 1 is 1.27 bits per heavy atom. The van der Waals surface area contributed by atoms with Gasteiger partial charge in [-0.15, -0.1) is 5.10 Å². The summed E-state index contributed by atoms with van der Waals surface area (Å²) in [5, 5.41) is 19.1. The Bertz CT molecular complexity index is 1250. The zero-order chi connectivity index (χ0) is 22.8. The summed E-state index contributed by atoms with van der Waals surface area (Å²) in [6.07, 6.45) is 2.35. The second kappa shape index (κ2) is 9.60. The molecule has 0 saturated carbocycles. The maximum atomic E-state index is 15.0. The van der Waals surface area contributed by atoms with Gasteiger partial charge in [0.05, 0.1) is 18.7 Å². The number of pyridine rings is 2. The monoisotopic (exact) mass is 468 g/mol. The van der Waals surface area contributed by atoms with Crippen LogP contribution < -0.4 is 10.1 Å². The number of rotatable bonds is 7. The van der Waals surface area contributed by atoms with Crippen LogP contribution in [0.3, 0.4) is 0 Å². The van der Waals surface area contributed by atoms with Crippen LogP contribution in [-0.4, -0.2) is 68.5 Å². The van der Waals surface area contributed by atoms with Crippen LogP contribution in [0.4, 0.5) is 4.39 Å². The van der Waals surface area contributed by atoms with E-state index in [9.17, 15) is 9.50 Å². The van der Waals surface area contributed by atoms with Gasteiger partial charge in [-0.05, 0) is 54.4 Å². The molecule has 0 aliphatic carbocycles. The number of methoxy groups -OCH3 is 1. The van der Waals surface area contributed by atoms with Crippen molar-refractivity contribution in [2.24, 2.45) is 0 Å². The number of hydrogen-bond donors (Lipinski definition) is 2. The Labute approximate surface area is 194 Å². The largest absolute Gasteiger partial charge is 0.497 e. The molecule has 0 bridgehead atoms. The van der Waals surface area contributed by atoms with Crippen LogP contribution in [0.15, 0.2) is 42.7 Å². The fourth-order valence-corrected chi connectivity index (χ4v) is 4.84. The Kier molecular flexibility index (Phi) is 6.41. The molecule has 10 heteroatoms. The standard InChI is InChI=1S/C23H25FN6O2S/c1-32-15-2-3-19-17(9-15)16(4-6-25-19)22(31)13-30-7-5-20(18(24)12-30)26-10-14-8-21-23(27-11-14)33-29-28-21/h2-4,6,8-9,11,18,20,22,26,31H,5,7,10,12-13H2,1H3/t18?,20?,22-/m0/s1. The summed E-state index contributed by atoms with van der Waals surface area (Å²) in [7, 11) is 1.61. The third kappa shape index (κ3) is 4.79. The van der Waals surface area contributed by atoms with Gasteiger partial charge >= 0.3 is 0 Å². The maximum absolute atomic E-state index is 15.0. The van der Waals surface area contributed by atoms with Gasteiger partial charge in [0.1, 0.15) is 17.4 Å². The van der Waals surface area contributed by atoms with E-state index in [2.05, 4.69) is 24.9 Å². The molecular weight excluding hydrogens is 443 g/mol. The van der Waals surface area contributed by atoms with Crippen molar-refractivity contribution in [2.45, 2.75) is 31.3 Å². The first-order valence-corrected chi connectivity index (χ1v) is 11.7. The number of β-amino-alcohol motifs (C(OH)–C–C–N with tert-alkyl or cyclic N) is 1. The number of halogens is 1. The van der Waals surface area contributed by atoms with E-state index in [1.807, 2.05) is 35.2 Å². The molecule has 3 aromatic heterocycles. The van der Waals surface area contributed by atoms with Gasteiger partial charge in [0.15, 0.2) is 4.83 Å². The zero-order valence-electron chi connectivity index (χ0n) is 18.2. The molecule has 1 aliphatic rings. The first-order valence-electron chi connectivity index (χ1n) is 10.9. The van der Waals surface area contributed by atoms with Crippen molar-refractivity contribution in [3.63, 3.8) is 0 Å². The number of aliphatic hydroxyl groups is 1. The van der Waals surface area contributed by atoms with Crippen molar-refractivity contribution in [3.8, 4) is 5.75 Å². The molecule has 0 radical (unpaired) electrons. The molecule has 0 amide bonds. The predicted molar refractivity (Wildman–Crippen MR) is 125 cm³/mol. The molecule has 1 aliphatic heterocycles. The Hall–Kier alpha value is -2.79. The highest BCUT2D eigenvalue weighted by molar-refractivity contribution is 7.12. The van der Waals surface area contributed by atoms with E-state index in [1.165, 1.54) is 11.5 Å². The lowest BCUT2D eigenvalue weighted by atomic mass is 10.00. The molecule has 1 fully saturated rings. The molecule has 3 atom stereocenters. The zero-order valence-corrected chi connectivity index (χ0v) is 19.0. The summed E-state index contributed by atoms with van der Waals surface area (Å²) < 4.78 is 24.2. The Balaban J connectivity index is 1.19. The van der Waals surface area contributed by atoms with E-state index >= 15 is 0 Å². The van der Waals surface area contributed by atoms with Crippen LogP contribution >= 0.6 is 11.5 Å². The molecule has 172 valence electrons. The molecule has 2 N–H and O–H groups in total. The average molecular weight is 469 g/mol. The number of nitrogens with zero attached hydrogens (tertiary/aromatic N) is 5. The summed E-state index contributed by atoms with van der Waals surface area (Å²) in [4.78, 5) is 11.5. The minimum atomic E-state index is -1.03. The van der Waals surface area contributed by atoms with E-state index in [1.54, 1.807) is 19.5 Å². The van der Waals surface area contributed by atoms with Crippen LogP contribution in [0.25, 0.3) is 21.3 Å². The Morgan fingerprint density at radius 3 is 3.03 bits per heavy atom. The van der Waals surface area contributed by atoms with Gasteiger partial charge in [-0.2, -0.15) is 0 Å². The van der Waals surface area contributed by atoms with E-state index in [0.717, 1.165) is 32.4 Å². The van der Waals surface area contributed by atoms with E-state index < -0.39 is 12.3 Å². The van der Waals surface area contributed by atoms with E-state index in [0.29, 0.717) is 31.8 Å². The lowest BCUT2D eigenvalue weighted by Gasteiger charge is -2.36. The number of aromatic nitrogens is 4. The van der Waals surface area contributed by atoms with Crippen molar-refractivity contribution in [2.75, 3.05) is 26.7 Å². The molecule has 8 nitrogen and oxygen atoms in total. The highest BCUT2D eigenvalue weighted by atomic mass is 32.1. The first-order chi connectivity index (χ1) is 16.1. The van der Waals surface area contributed by atoms with E-state index in [4.69, 9.17) is 4.74 Å². The van der Waals surface area contributed by atoms with Gasteiger partial charge < -0.3 is 15.2 Å². The van der Waals surface area contributed by atoms with E-state index in [-0.39, 0.29) is 12.6 Å². The minimum absolute atomic E-state index is 0.242. The van der Waals surface area contributed by atoms with Gasteiger partial charge in [0, 0.05) is 55.0 Å². The van der Waals surface area contributed by atoms with Crippen molar-refractivity contribution >= 4 is 32.8 Å². The summed E-state index contributed by atoms with van der Waals surface area (Å²) in [5.41, 5.74) is 3.29. The molecule has 33 heavy (non-hydrogen) atoms. The number of nitrogens with one attached hydrogen (secondary N) is 1. The molecule has 1 aromatic carbocycles. The normalized spacial score (nSPS) is 20.3. The number of alkyl halides is 1. The summed E-state index contributed by atoms with van der Waals surface area (Å²) in [6.45, 7) is 1.86.